The standard InChI is InChI=1S/C22H30N4O4S/c27-22(23-18-20(21-10-7-17-30-21)24-11-5-2-6-12-24)25-13-15-26(16-14-25)31(28,29)19-8-3-1-4-9-19/h1,3-4,7-10,17,20H,2,5-6,11-16,18H2,(H,23,27). The van der Waals surface area contributed by atoms with E-state index < -0.39 is 10.0 Å². The van der Waals surface area contributed by atoms with Crippen molar-refractivity contribution in [3.8, 4) is 0 Å². The third-order valence-corrected chi connectivity index (χ3v) is 7.97. The molecule has 0 aliphatic carbocycles. The van der Waals surface area contributed by atoms with Crippen LogP contribution in [0.1, 0.15) is 31.1 Å². The number of carbonyl (C=O) groups excluding carboxylic acids is 1. The second-order valence-corrected chi connectivity index (χ2v) is 9.96. The lowest BCUT2D eigenvalue weighted by Gasteiger charge is -2.36. The molecule has 1 aromatic heterocycles. The van der Waals surface area contributed by atoms with Crippen molar-refractivity contribution in [2.45, 2.75) is 30.2 Å². The van der Waals surface area contributed by atoms with Crippen molar-refractivity contribution in [1.29, 1.82) is 0 Å². The molecule has 2 saturated heterocycles. The highest BCUT2D eigenvalue weighted by molar-refractivity contribution is 7.89. The molecule has 2 aliphatic rings. The van der Waals surface area contributed by atoms with Crippen LogP contribution >= 0.6 is 0 Å². The van der Waals surface area contributed by atoms with E-state index in [9.17, 15) is 13.2 Å². The number of piperazine rings is 1. The highest BCUT2D eigenvalue weighted by Gasteiger charge is 2.31. The number of piperidine rings is 1. The smallest absolute Gasteiger partial charge is 0.317 e. The molecule has 0 radical (unpaired) electrons. The van der Waals surface area contributed by atoms with E-state index in [1.807, 2.05) is 12.1 Å². The summed E-state index contributed by atoms with van der Waals surface area (Å²) >= 11 is 0. The lowest BCUT2D eigenvalue weighted by atomic mass is 10.1. The van der Waals surface area contributed by atoms with Gasteiger partial charge in [0, 0.05) is 32.7 Å². The van der Waals surface area contributed by atoms with Crippen LogP contribution in [0.4, 0.5) is 4.79 Å². The zero-order valence-corrected chi connectivity index (χ0v) is 18.5. The van der Waals surface area contributed by atoms with E-state index >= 15 is 0 Å². The van der Waals surface area contributed by atoms with Crippen LogP contribution in [-0.2, 0) is 10.0 Å². The maximum Gasteiger partial charge on any atom is 0.317 e. The molecule has 31 heavy (non-hydrogen) atoms. The third-order valence-electron chi connectivity index (χ3n) is 6.06. The number of carbonyl (C=O) groups is 1. The Morgan fingerprint density at radius 2 is 1.65 bits per heavy atom. The first-order chi connectivity index (χ1) is 15.1. The summed E-state index contributed by atoms with van der Waals surface area (Å²) in [5.74, 6) is 0.862. The fourth-order valence-corrected chi connectivity index (χ4v) is 5.73. The van der Waals surface area contributed by atoms with Gasteiger partial charge in [0.2, 0.25) is 10.0 Å². The van der Waals surface area contributed by atoms with E-state index in [1.165, 1.54) is 10.7 Å². The third kappa shape index (κ3) is 5.11. The molecule has 0 spiro atoms. The molecule has 9 heteroatoms. The van der Waals surface area contributed by atoms with Gasteiger partial charge in [-0.25, -0.2) is 13.2 Å². The molecule has 0 saturated carbocycles. The summed E-state index contributed by atoms with van der Waals surface area (Å²) in [6.45, 7) is 3.78. The van der Waals surface area contributed by atoms with Gasteiger partial charge in [0.05, 0.1) is 17.2 Å². The molecule has 3 heterocycles. The van der Waals surface area contributed by atoms with Crippen LogP contribution in [-0.4, -0.2) is 74.4 Å². The van der Waals surface area contributed by atoms with Crippen LogP contribution in [0, 0.1) is 0 Å². The van der Waals surface area contributed by atoms with E-state index in [-0.39, 0.29) is 17.0 Å². The van der Waals surface area contributed by atoms with Crippen molar-refractivity contribution in [1.82, 2.24) is 19.4 Å². The fourth-order valence-electron chi connectivity index (χ4n) is 4.29. The number of benzene rings is 1. The average Bonchev–Trinajstić information content (AvgIpc) is 3.35. The van der Waals surface area contributed by atoms with Gasteiger partial charge in [-0.2, -0.15) is 4.31 Å². The van der Waals surface area contributed by atoms with E-state index in [4.69, 9.17) is 4.42 Å². The summed E-state index contributed by atoms with van der Waals surface area (Å²) in [5.41, 5.74) is 0. The van der Waals surface area contributed by atoms with Gasteiger partial charge in [-0.1, -0.05) is 24.6 Å². The predicted octanol–water partition coefficient (Wildman–Crippen LogP) is 2.52. The largest absolute Gasteiger partial charge is 0.468 e. The molecule has 1 aromatic carbocycles. The van der Waals surface area contributed by atoms with Crippen LogP contribution in [0.3, 0.4) is 0 Å². The van der Waals surface area contributed by atoms with Crippen molar-refractivity contribution in [3.63, 3.8) is 0 Å². The molecule has 2 aromatic rings. The lowest BCUT2D eigenvalue weighted by molar-refractivity contribution is 0.136. The van der Waals surface area contributed by atoms with Crippen molar-refractivity contribution in [2.24, 2.45) is 0 Å². The van der Waals surface area contributed by atoms with Crippen LogP contribution < -0.4 is 5.32 Å². The van der Waals surface area contributed by atoms with E-state index in [0.29, 0.717) is 32.7 Å². The van der Waals surface area contributed by atoms with Crippen molar-refractivity contribution in [3.05, 3.63) is 54.5 Å². The Kier molecular flexibility index (Phi) is 6.94. The van der Waals surface area contributed by atoms with Gasteiger partial charge < -0.3 is 14.6 Å². The van der Waals surface area contributed by atoms with Crippen LogP contribution in [0.2, 0.25) is 0 Å². The number of hydrogen-bond donors (Lipinski definition) is 1. The SMILES string of the molecule is O=C(NCC(c1ccco1)N1CCCCC1)N1CCN(S(=O)(=O)c2ccccc2)CC1. The zero-order valence-electron chi connectivity index (χ0n) is 17.7. The maximum absolute atomic E-state index is 12.8. The van der Waals surface area contributed by atoms with Crippen molar-refractivity contribution in [2.75, 3.05) is 45.8 Å². The quantitative estimate of drug-likeness (QED) is 0.737. The van der Waals surface area contributed by atoms with Gasteiger partial charge in [0.25, 0.3) is 0 Å². The molecule has 0 bridgehead atoms. The van der Waals surface area contributed by atoms with Gasteiger partial charge >= 0.3 is 6.03 Å². The molecule has 2 amide bonds. The Balaban J connectivity index is 1.32. The first kappa shape index (κ1) is 21.9. The Morgan fingerprint density at radius 1 is 0.935 bits per heavy atom. The summed E-state index contributed by atoms with van der Waals surface area (Å²) in [6, 6.07) is 12.1. The minimum absolute atomic E-state index is 0.0130. The van der Waals surface area contributed by atoms with Crippen LogP contribution in [0.15, 0.2) is 58.0 Å². The molecule has 2 aliphatic heterocycles. The van der Waals surface area contributed by atoms with E-state index in [0.717, 1.165) is 31.7 Å². The lowest BCUT2D eigenvalue weighted by Crippen LogP contribution is -2.54. The molecule has 2 fully saturated rings. The number of furan rings is 1. The number of urea groups is 1. The molecular weight excluding hydrogens is 416 g/mol. The summed E-state index contributed by atoms with van der Waals surface area (Å²) in [5, 5.41) is 3.04. The molecule has 4 rings (SSSR count). The molecule has 1 atom stereocenters. The Labute approximate surface area is 183 Å². The number of rotatable bonds is 6. The van der Waals surface area contributed by atoms with Crippen molar-refractivity contribution < 1.29 is 17.6 Å². The highest BCUT2D eigenvalue weighted by atomic mass is 32.2. The molecular formula is C22H30N4O4S. The highest BCUT2D eigenvalue weighted by Crippen LogP contribution is 2.24. The minimum atomic E-state index is -3.53. The van der Waals surface area contributed by atoms with Crippen LogP contribution in [0.5, 0.6) is 0 Å². The Bertz CT molecular complexity index is 935. The normalized spacial score (nSPS) is 19.8. The second-order valence-electron chi connectivity index (χ2n) is 8.02. The first-order valence-electron chi connectivity index (χ1n) is 10.9. The van der Waals surface area contributed by atoms with E-state index in [1.54, 1.807) is 41.5 Å². The first-order valence-corrected chi connectivity index (χ1v) is 12.3. The molecule has 1 unspecified atom stereocenters. The Hall–Kier alpha value is -2.36. The number of likely N-dealkylation sites (tertiary alicyclic amines) is 1. The summed E-state index contributed by atoms with van der Waals surface area (Å²) in [6.07, 6.45) is 5.22. The van der Waals surface area contributed by atoms with Gasteiger partial charge in [0.1, 0.15) is 5.76 Å². The number of amides is 2. The number of nitrogens with zero attached hydrogens (tertiary/aromatic N) is 3. The van der Waals surface area contributed by atoms with Crippen LogP contribution in [0.25, 0.3) is 0 Å². The summed E-state index contributed by atoms with van der Waals surface area (Å²) in [4.78, 5) is 17.1. The number of nitrogens with one attached hydrogen (secondary N) is 1. The van der Waals surface area contributed by atoms with Gasteiger partial charge in [-0.05, 0) is 50.2 Å². The molecule has 168 valence electrons. The fraction of sp³-hybridized carbons (Fsp3) is 0.500. The second kappa shape index (κ2) is 9.84. The van der Waals surface area contributed by atoms with Gasteiger partial charge in [-0.15, -0.1) is 0 Å². The number of hydrogen-bond acceptors (Lipinski definition) is 5. The molecule has 1 N–H and O–H groups in total. The van der Waals surface area contributed by atoms with Gasteiger partial charge in [0.15, 0.2) is 0 Å². The monoisotopic (exact) mass is 446 g/mol. The number of sulfonamides is 1. The topological polar surface area (TPSA) is 86.1 Å². The Morgan fingerprint density at radius 3 is 2.29 bits per heavy atom. The van der Waals surface area contributed by atoms with E-state index in [2.05, 4.69) is 10.2 Å². The summed E-state index contributed by atoms with van der Waals surface area (Å²) in [7, 11) is -3.53. The summed E-state index contributed by atoms with van der Waals surface area (Å²) < 4.78 is 32.6. The average molecular weight is 447 g/mol. The van der Waals surface area contributed by atoms with Crippen molar-refractivity contribution >= 4 is 16.1 Å². The predicted molar refractivity (Wildman–Crippen MR) is 117 cm³/mol. The maximum atomic E-state index is 12.8. The zero-order chi connectivity index (χ0) is 21.7. The van der Waals surface area contributed by atoms with Gasteiger partial charge in [-0.3, -0.25) is 4.90 Å². The molecule has 8 nitrogen and oxygen atoms in total. The minimum Gasteiger partial charge on any atom is -0.468 e.